The zero-order chi connectivity index (χ0) is 27.9. The van der Waals surface area contributed by atoms with Gasteiger partial charge < -0.3 is 13.7 Å². The summed E-state index contributed by atoms with van der Waals surface area (Å²) in [6.07, 6.45) is 4.20. The first-order valence-corrected chi connectivity index (χ1v) is 14.7. The topological polar surface area (TPSA) is 114 Å². The first-order valence-electron chi connectivity index (χ1n) is 13.2. The van der Waals surface area contributed by atoms with Crippen LogP contribution in [0.3, 0.4) is 0 Å². The third-order valence-electron chi connectivity index (χ3n) is 7.67. The SMILES string of the molecule is O=C(C1CCC1)N1CCC(S(=O)(=O)N(Cc2cn3ccc(-c4nnc(C(F)F)o4)cc3n2)c2ccccc2)CC1. The summed E-state index contributed by atoms with van der Waals surface area (Å²) >= 11 is 0. The molecule has 40 heavy (non-hydrogen) atoms. The minimum Gasteiger partial charge on any atom is -0.415 e. The van der Waals surface area contributed by atoms with Gasteiger partial charge in [0.1, 0.15) is 5.65 Å². The molecule has 0 spiro atoms. The number of aromatic nitrogens is 4. The van der Waals surface area contributed by atoms with Crippen molar-refractivity contribution >= 4 is 27.3 Å². The van der Waals surface area contributed by atoms with Crippen molar-refractivity contribution in [2.24, 2.45) is 5.92 Å². The van der Waals surface area contributed by atoms with Crippen molar-refractivity contribution < 1.29 is 26.4 Å². The van der Waals surface area contributed by atoms with Crippen LogP contribution < -0.4 is 4.31 Å². The van der Waals surface area contributed by atoms with Crippen LogP contribution in [0.2, 0.25) is 0 Å². The van der Waals surface area contributed by atoms with Gasteiger partial charge in [-0.2, -0.15) is 8.78 Å². The Labute approximate surface area is 229 Å². The van der Waals surface area contributed by atoms with Crippen LogP contribution in [0.15, 0.2) is 59.3 Å². The molecule has 1 amide bonds. The monoisotopic (exact) mass is 570 g/mol. The molecule has 1 aliphatic heterocycles. The minimum absolute atomic E-state index is 0.000662. The van der Waals surface area contributed by atoms with E-state index in [-0.39, 0.29) is 24.3 Å². The number of imidazole rings is 1. The zero-order valence-electron chi connectivity index (χ0n) is 21.6. The number of para-hydroxylation sites is 1. The maximum absolute atomic E-state index is 14.0. The zero-order valence-corrected chi connectivity index (χ0v) is 22.4. The van der Waals surface area contributed by atoms with Crippen LogP contribution in [0.5, 0.6) is 0 Å². The fourth-order valence-corrected chi connectivity index (χ4v) is 7.11. The molecule has 1 aromatic carbocycles. The van der Waals surface area contributed by atoms with E-state index >= 15 is 0 Å². The van der Waals surface area contributed by atoms with Crippen molar-refractivity contribution in [2.45, 2.75) is 50.3 Å². The number of pyridine rings is 1. The van der Waals surface area contributed by atoms with E-state index in [9.17, 15) is 22.0 Å². The number of fused-ring (bicyclic) bond motifs is 1. The van der Waals surface area contributed by atoms with E-state index in [0.29, 0.717) is 48.5 Å². The van der Waals surface area contributed by atoms with Gasteiger partial charge in [-0.25, -0.2) is 13.4 Å². The molecule has 4 aromatic rings. The number of carbonyl (C=O) groups excluding carboxylic acids is 1. The normalized spacial score (nSPS) is 16.9. The molecule has 2 aliphatic rings. The Kier molecular flexibility index (Phi) is 6.99. The molecular formula is C27H28F2N6O4S. The van der Waals surface area contributed by atoms with Gasteiger partial charge >= 0.3 is 6.43 Å². The molecular weight excluding hydrogens is 542 g/mol. The van der Waals surface area contributed by atoms with E-state index in [1.165, 1.54) is 4.31 Å². The average molecular weight is 571 g/mol. The Morgan fingerprint density at radius 1 is 1.07 bits per heavy atom. The molecule has 1 saturated heterocycles. The summed E-state index contributed by atoms with van der Waals surface area (Å²) in [5, 5.41) is 6.42. The average Bonchev–Trinajstić information content (AvgIpc) is 3.58. The Hall–Kier alpha value is -3.87. The van der Waals surface area contributed by atoms with Crippen LogP contribution in [-0.2, 0) is 21.4 Å². The Morgan fingerprint density at radius 3 is 2.48 bits per heavy atom. The smallest absolute Gasteiger partial charge is 0.314 e. The van der Waals surface area contributed by atoms with E-state index in [2.05, 4.69) is 15.2 Å². The van der Waals surface area contributed by atoms with Crippen molar-refractivity contribution in [1.82, 2.24) is 24.5 Å². The highest BCUT2D eigenvalue weighted by Crippen LogP contribution is 2.32. The number of sulfonamides is 1. The molecule has 0 bridgehead atoms. The van der Waals surface area contributed by atoms with Crippen molar-refractivity contribution in [3.63, 3.8) is 0 Å². The van der Waals surface area contributed by atoms with Gasteiger partial charge in [-0.1, -0.05) is 24.6 Å². The van der Waals surface area contributed by atoms with Crippen LogP contribution in [0, 0.1) is 5.92 Å². The molecule has 10 nitrogen and oxygen atoms in total. The third kappa shape index (κ3) is 5.05. The molecule has 1 saturated carbocycles. The largest absolute Gasteiger partial charge is 0.415 e. The Morgan fingerprint density at radius 2 is 1.82 bits per heavy atom. The lowest BCUT2D eigenvalue weighted by atomic mass is 9.84. The summed E-state index contributed by atoms with van der Waals surface area (Å²) in [6.45, 7) is 0.866. The van der Waals surface area contributed by atoms with Crippen molar-refractivity contribution in [3.8, 4) is 11.5 Å². The van der Waals surface area contributed by atoms with Gasteiger partial charge in [-0.3, -0.25) is 9.10 Å². The lowest BCUT2D eigenvalue weighted by Gasteiger charge is -2.38. The van der Waals surface area contributed by atoms with Gasteiger partial charge in [0.05, 0.1) is 23.2 Å². The van der Waals surface area contributed by atoms with Gasteiger partial charge in [0.25, 0.3) is 5.89 Å². The highest BCUT2D eigenvalue weighted by atomic mass is 32.2. The highest BCUT2D eigenvalue weighted by molar-refractivity contribution is 7.93. The number of likely N-dealkylation sites (tertiary alicyclic amines) is 1. The fourth-order valence-electron chi connectivity index (χ4n) is 5.22. The number of piperidine rings is 1. The first kappa shape index (κ1) is 26.4. The van der Waals surface area contributed by atoms with Gasteiger partial charge in [0.2, 0.25) is 21.8 Å². The van der Waals surface area contributed by atoms with E-state index in [1.54, 1.807) is 53.2 Å². The molecule has 13 heteroatoms. The number of amides is 1. The lowest BCUT2D eigenvalue weighted by Crippen LogP contribution is -2.48. The molecule has 4 heterocycles. The van der Waals surface area contributed by atoms with Gasteiger partial charge in [0.15, 0.2) is 0 Å². The molecule has 1 aliphatic carbocycles. The van der Waals surface area contributed by atoms with Crippen LogP contribution in [0.25, 0.3) is 17.1 Å². The van der Waals surface area contributed by atoms with Crippen molar-refractivity contribution in [2.75, 3.05) is 17.4 Å². The lowest BCUT2D eigenvalue weighted by molar-refractivity contribution is -0.139. The number of hydrogen-bond donors (Lipinski definition) is 0. The minimum atomic E-state index is -3.79. The number of nitrogens with zero attached hydrogens (tertiary/aromatic N) is 6. The second-order valence-corrected chi connectivity index (χ2v) is 12.3. The number of hydrogen-bond acceptors (Lipinski definition) is 7. The molecule has 6 rings (SSSR count). The second kappa shape index (κ2) is 10.6. The summed E-state index contributed by atoms with van der Waals surface area (Å²) in [5.74, 6) is -0.577. The van der Waals surface area contributed by atoms with Crippen LogP contribution in [0.1, 0.15) is 50.1 Å². The first-order chi connectivity index (χ1) is 19.3. The number of rotatable bonds is 8. The summed E-state index contributed by atoms with van der Waals surface area (Å²) in [5.41, 5.74) is 1.91. The van der Waals surface area contributed by atoms with Gasteiger partial charge in [-0.15, -0.1) is 10.2 Å². The molecule has 0 unspecified atom stereocenters. The predicted molar refractivity (Wildman–Crippen MR) is 142 cm³/mol. The molecule has 0 atom stereocenters. The Bertz CT molecular complexity index is 1610. The Balaban J connectivity index is 1.24. The molecule has 0 radical (unpaired) electrons. The summed E-state index contributed by atoms with van der Waals surface area (Å²) < 4.78 is 61.8. The number of alkyl halides is 2. The number of benzene rings is 1. The van der Waals surface area contributed by atoms with Crippen molar-refractivity contribution in [3.05, 3.63) is 66.4 Å². The quantitative estimate of drug-likeness (QED) is 0.308. The standard InChI is InChI=1S/C27H28F2N6O4S/c28-24(29)26-32-31-25(39-26)19-9-12-34-16-20(30-23(34)15-19)17-35(21-7-2-1-3-8-21)40(37,38)22-10-13-33(14-11-22)27(36)18-5-4-6-18/h1-3,7-9,12,15-16,18,22,24H,4-6,10-11,13-14,17H2. The number of anilines is 1. The van der Waals surface area contributed by atoms with Crippen LogP contribution >= 0.6 is 0 Å². The molecule has 210 valence electrons. The predicted octanol–water partition coefficient (Wildman–Crippen LogP) is 4.45. The second-order valence-electron chi connectivity index (χ2n) is 10.2. The highest BCUT2D eigenvalue weighted by Gasteiger charge is 2.38. The number of carbonyl (C=O) groups is 1. The van der Waals surface area contributed by atoms with E-state index in [0.717, 1.165) is 19.3 Å². The summed E-state index contributed by atoms with van der Waals surface area (Å²) in [7, 11) is -3.79. The fraction of sp³-hybridized carbons (Fsp3) is 0.407. The van der Waals surface area contributed by atoms with Crippen LogP contribution in [-0.4, -0.2) is 57.1 Å². The molecule has 3 aromatic heterocycles. The summed E-state index contributed by atoms with van der Waals surface area (Å²) in [4.78, 5) is 19.1. The molecule has 2 fully saturated rings. The van der Waals surface area contributed by atoms with Gasteiger partial charge in [0, 0.05) is 37.0 Å². The maximum atomic E-state index is 14.0. The van der Waals surface area contributed by atoms with Gasteiger partial charge in [-0.05, 0) is 49.9 Å². The van der Waals surface area contributed by atoms with Crippen LogP contribution in [0.4, 0.5) is 14.5 Å². The van der Waals surface area contributed by atoms with E-state index < -0.39 is 27.6 Å². The number of halogens is 2. The van der Waals surface area contributed by atoms with E-state index in [1.807, 2.05) is 11.0 Å². The summed E-state index contributed by atoms with van der Waals surface area (Å²) in [6, 6.07) is 12.1. The molecule has 0 N–H and O–H groups in total. The third-order valence-corrected chi connectivity index (χ3v) is 9.94. The van der Waals surface area contributed by atoms with E-state index in [4.69, 9.17) is 4.42 Å². The van der Waals surface area contributed by atoms with Crippen molar-refractivity contribution in [1.29, 1.82) is 0 Å². The maximum Gasteiger partial charge on any atom is 0.314 e.